The Morgan fingerprint density at radius 1 is 1.00 bits per heavy atom. The van der Waals surface area contributed by atoms with Gasteiger partial charge in [0.2, 0.25) is 0 Å². The fourth-order valence-corrected chi connectivity index (χ4v) is 1.68. The lowest BCUT2D eigenvalue weighted by Crippen LogP contribution is -2.12. The van der Waals surface area contributed by atoms with Crippen LogP contribution in [-0.4, -0.2) is 4.98 Å². The first-order valence-corrected chi connectivity index (χ1v) is 6.96. The summed E-state index contributed by atoms with van der Waals surface area (Å²) in [5.41, 5.74) is 3.82. The highest BCUT2D eigenvalue weighted by Crippen LogP contribution is 2.25. The van der Waals surface area contributed by atoms with E-state index in [1.807, 2.05) is 13.1 Å². The van der Waals surface area contributed by atoms with Crippen molar-refractivity contribution in [1.82, 2.24) is 4.98 Å². The molecule has 0 atom stereocenters. The molecule has 0 fully saturated rings. The highest BCUT2D eigenvalue weighted by molar-refractivity contribution is 5.63. The maximum absolute atomic E-state index is 4.63. The second-order valence-corrected chi connectivity index (χ2v) is 7.15. The first-order chi connectivity index (χ1) is 8.63. The summed E-state index contributed by atoms with van der Waals surface area (Å²) in [7, 11) is 0. The second kappa shape index (κ2) is 5.73. The van der Waals surface area contributed by atoms with Crippen molar-refractivity contribution in [3.8, 4) is 0 Å². The molecule has 1 heterocycles. The van der Waals surface area contributed by atoms with Gasteiger partial charge in [0, 0.05) is 11.8 Å². The van der Waals surface area contributed by atoms with Crippen LogP contribution in [0.5, 0.6) is 0 Å². The summed E-state index contributed by atoms with van der Waals surface area (Å²) in [6.07, 6.45) is 10.5. The SMILES string of the molecule is C/C=C\c1cc(C(C)(C)C)cnc1/C=C/C(C)(C)C. The van der Waals surface area contributed by atoms with Crippen LogP contribution in [0, 0.1) is 5.41 Å². The first kappa shape index (κ1) is 15.7. The molecule has 1 rings (SSSR count). The number of pyridine rings is 1. The molecule has 0 aliphatic rings. The van der Waals surface area contributed by atoms with E-state index in [1.54, 1.807) is 0 Å². The number of hydrogen-bond acceptors (Lipinski definition) is 1. The molecule has 0 saturated heterocycles. The van der Waals surface area contributed by atoms with Crippen LogP contribution in [0.4, 0.5) is 0 Å². The van der Waals surface area contributed by atoms with E-state index in [9.17, 15) is 0 Å². The molecule has 1 heteroatoms. The lowest BCUT2D eigenvalue weighted by atomic mass is 9.87. The topological polar surface area (TPSA) is 12.9 Å². The Morgan fingerprint density at radius 2 is 1.63 bits per heavy atom. The van der Waals surface area contributed by atoms with Gasteiger partial charge in [-0.2, -0.15) is 0 Å². The Hall–Kier alpha value is -1.37. The Kier molecular flexibility index (Phi) is 4.73. The molecule has 1 nitrogen and oxygen atoms in total. The minimum absolute atomic E-state index is 0.135. The molecule has 0 N–H and O–H groups in total. The molecular weight excluding hydrogens is 230 g/mol. The highest BCUT2D eigenvalue weighted by atomic mass is 14.7. The zero-order valence-corrected chi connectivity index (χ0v) is 13.4. The number of nitrogens with zero attached hydrogens (tertiary/aromatic N) is 1. The van der Waals surface area contributed by atoms with Crippen molar-refractivity contribution in [1.29, 1.82) is 0 Å². The largest absolute Gasteiger partial charge is 0.256 e. The molecule has 19 heavy (non-hydrogen) atoms. The third-order valence-electron chi connectivity index (χ3n) is 2.90. The van der Waals surface area contributed by atoms with E-state index in [2.05, 4.69) is 76.9 Å². The van der Waals surface area contributed by atoms with Gasteiger partial charge in [-0.05, 0) is 35.5 Å². The van der Waals surface area contributed by atoms with Crippen molar-refractivity contribution in [2.75, 3.05) is 0 Å². The van der Waals surface area contributed by atoms with Crippen LogP contribution < -0.4 is 0 Å². The molecule has 0 unspecified atom stereocenters. The van der Waals surface area contributed by atoms with Gasteiger partial charge in [-0.15, -0.1) is 0 Å². The van der Waals surface area contributed by atoms with Crippen LogP contribution in [0.2, 0.25) is 0 Å². The van der Waals surface area contributed by atoms with Gasteiger partial charge in [-0.25, -0.2) is 0 Å². The summed E-state index contributed by atoms with van der Waals surface area (Å²) in [4.78, 5) is 4.63. The normalized spacial score (nSPS) is 13.6. The van der Waals surface area contributed by atoms with Gasteiger partial charge < -0.3 is 0 Å². The standard InChI is InChI=1S/C18H27N/c1-8-9-14-12-15(18(5,6)7)13-19-16(14)10-11-17(2,3)4/h8-13H,1-7H3/b9-8-,11-10+. The van der Waals surface area contributed by atoms with Crippen LogP contribution in [0.1, 0.15) is 65.3 Å². The summed E-state index contributed by atoms with van der Waals surface area (Å²) >= 11 is 0. The fourth-order valence-electron chi connectivity index (χ4n) is 1.68. The van der Waals surface area contributed by atoms with Crippen molar-refractivity contribution in [2.24, 2.45) is 5.41 Å². The molecule has 0 radical (unpaired) electrons. The van der Waals surface area contributed by atoms with Gasteiger partial charge >= 0.3 is 0 Å². The van der Waals surface area contributed by atoms with E-state index in [0.717, 1.165) is 5.69 Å². The second-order valence-electron chi connectivity index (χ2n) is 7.15. The molecule has 0 aliphatic carbocycles. The van der Waals surface area contributed by atoms with Gasteiger partial charge in [-0.3, -0.25) is 4.98 Å². The minimum Gasteiger partial charge on any atom is -0.256 e. The van der Waals surface area contributed by atoms with Gasteiger partial charge in [-0.1, -0.05) is 59.8 Å². The van der Waals surface area contributed by atoms with Crippen molar-refractivity contribution in [3.05, 3.63) is 41.2 Å². The average molecular weight is 257 g/mol. The minimum atomic E-state index is 0.135. The van der Waals surface area contributed by atoms with Crippen LogP contribution >= 0.6 is 0 Å². The molecule has 1 aromatic heterocycles. The van der Waals surface area contributed by atoms with Crippen LogP contribution in [0.3, 0.4) is 0 Å². The fraction of sp³-hybridized carbons (Fsp3) is 0.500. The Balaban J connectivity index is 3.23. The summed E-state index contributed by atoms with van der Waals surface area (Å²) in [5, 5.41) is 0. The first-order valence-electron chi connectivity index (χ1n) is 6.96. The zero-order chi connectivity index (χ0) is 14.7. The van der Waals surface area contributed by atoms with Crippen LogP contribution in [-0.2, 0) is 5.41 Å². The maximum atomic E-state index is 4.63. The quantitative estimate of drug-likeness (QED) is 0.684. The molecule has 0 spiro atoms. The number of hydrogen-bond donors (Lipinski definition) is 0. The Morgan fingerprint density at radius 3 is 2.11 bits per heavy atom. The van der Waals surface area contributed by atoms with E-state index in [4.69, 9.17) is 0 Å². The lowest BCUT2D eigenvalue weighted by Gasteiger charge is -2.19. The maximum Gasteiger partial charge on any atom is 0.0699 e. The van der Waals surface area contributed by atoms with E-state index in [1.165, 1.54) is 11.1 Å². The van der Waals surface area contributed by atoms with Crippen LogP contribution in [0.25, 0.3) is 12.2 Å². The number of aromatic nitrogens is 1. The van der Waals surface area contributed by atoms with Gasteiger partial charge in [0.15, 0.2) is 0 Å². The van der Waals surface area contributed by atoms with Crippen molar-refractivity contribution < 1.29 is 0 Å². The number of allylic oxidation sites excluding steroid dienone is 2. The number of rotatable bonds is 2. The average Bonchev–Trinajstić information content (AvgIpc) is 2.25. The van der Waals surface area contributed by atoms with Crippen molar-refractivity contribution in [2.45, 2.75) is 53.9 Å². The van der Waals surface area contributed by atoms with Gasteiger partial charge in [0.05, 0.1) is 5.69 Å². The van der Waals surface area contributed by atoms with E-state index < -0.39 is 0 Å². The summed E-state index contributed by atoms with van der Waals surface area (Å²) in [6.45, 7) is 15.3. The third-order valence-corrected chi connectivity index (χ3v) is 2.90. The molecule has 0 aliphatic heterocycles. The van der Waals surface area contributed by atoms with E-state index in [-0.39, 0.29) is 10.8 Å². The molecule has 1 aromatic rings. The van der Waals surface area contributed by atoms with Crippen LogP contribution in [0.15, 0.2) is 24.4 Å². The van der Waals surface area contributed by atoms with Gasteiger partial charge in [0.1, 0.15) is 0 Å². The third kappa shape index (κ3) is 5.02. The molecule has 0 aromatic carbocycles. The van der Waals surface area contributed by atoms with E-state index >= 15 is 0 Å². The summed E-state index contributed by atoms with van der Waals surface area (Å²) in [6, 6.07) is 2.25. The predicted octanol–water partition coefficient (Wildman–Crippen LogP) is 5.47. The van der Waals surface area contributed by atoms with Crippen molar-refractivity contribution >= 4 is 12.2 Å². The lowest BCUT2D eigenvalue weighted by molar-refractivity contribution is 0.547. The smallest absolute Gasteiger partial charge is 0.0699 e. The molecular formula is C18H27N. The summed E-state index contributed by atoms with van der Waals surface area (Å²) in [5.74, 6) is 0. The molecule has 0 amide bonds. The van der Waals surface area contributed by atoms with Crippen molar-refractivity contribution in [3.63, 3.8) is 0 Å². The van der Waals surface area contributed by atoms with E-state index in [0.29, 0.717) is 0 Å². The Labute approximate surface area is 118 Å². The molecule has 0 bridgehead atoms. The molecule has 0 saturated carbocycles. The monoisotopic (exact) mass is 257 g/mol. The summed E-state index contributed by atoms with van der Waals surface area (Å²) < 4.78 is 0. The Bertz CT molecular complexity index is 479. The molecule has 104 valence electrons. The van der Waals surface area contributed by atoms with Gasteiger partial charge in [0.25, 0.3) is 0 Å². The predicted molar refractivity (Wildman–Crippen MR) is 86.1 cm³/mol. The highest BCUT2D eigenvalue weighted by Gasteiger charge is 2.15. The zero-order valence-electron chi connectivity index (χ0n) is 13.4.